The molecule has 0 spiro atoms. The highest BCUT2D eigenvalue weighted by atomic mass is 35.5. The minimum absolute atomic E-state index is 0.143. The summed E-state index contributed by atoms with van der Waals surface area (Å²) in [6, 6.07) is 13.6. The summed E-state index contributed by atoms with van der Waals surface area (Å²) in [6.07, 6.45) is 14.4. The Labute approximate surface area is 244 Å². The summed E-state index contributed by atoms with van der Waals surface area (Å²) in [7, 11) is 1.82. The first-order valence-corrected chi connectivity index (χ1v) is 16.0. The minimum atomic E-state index is -0.423. The Morgan fingerprint density at radius 3 is 2.72 bits per heavy atom. The molecule has 0 bridgehead atoms. The van der Waals surface area contributed by atoms with Gasteiger partial charge >= 0.3 is 0 Å². The van der Waals surface area contributed by atoms with Gasteiger partial charge < -0.3 is 20.1 Å². The summed E-state index contributed by atoms with van der Waals surface area (Å²) in [5, 5.41) is 0.773. The third-order valence-electron chi connectivity index (χ3n) is 7.64. The molecular weight excluding hydrogens is 528 g/mol. The van der Waals surface area contributed by atoms with Gasteiger partial charge in [0.1, 0.15) is 5.75 Å². The maximum absolute atomic E-state index is 12.0. The number of carbonyl (C=O) groups is 1. The molecule has 2 aromatic rings. The van der Waals surface area contributed by atoms with Gasteiger partial charge in [-0.15, -0.1) is 0 Å². The fourth-order valence-corrected chi connectivity index (χ4v) is 5.92. The van der Waals surface area contributed by atoms with Crippen molar-refractivity contribution in [1.82, 2.24) is 0 Å². The molecule has 1 fully saturated rings. The van der Waals surface area contributed by atoms with Crippen molar-refractivity contribution in [1.29, 1.82) is 0 Å². The molecule has 0 radical (unpaired) electrons. The molecule has 0 saturated heterocycles. The number of nitrogens with zero attached hydrogens (tertiary/aromatic N) is 1. The van der Waals surface area contributed by atoms with Gasteiger partial charge in [-0.3, -0.25) is 4.79 Å². The SMILES string of the molecule is CCN(C[C@@H]1CC[C@H]1[C@H](/C=C/CCCSC)OC)c1cc(C(N)=O)ccc1OCCCCc1cccc(Cl)c1. The Bertz CT molecular complexity index is 1060. The van der Waals surface area contributed by atoms with E-state index < -0.39 is 5.91 Å². The fraction of sp³-hybridized carbons (Fsp3) is 0.531. The summed E-state index contributed by atoms with van der Waals surface area (Å²) >= 11 is 8.00. The molecule has 1 saturated carbocycles. The Morgan fingerprint density at radius 2 is 2.05 bits per heavy atom. The number of primary amides is 1. The van der Waals surface area contributed by atoms with Gasteiger partial charge in [0.05, 0.1) is 18.4 Å². The van der Waals surface area contributed by atoms with E-state index >= 15 is 0 Å². The highest BCUT2D eigenvalue weighted by Crippen LogP contribution is 2.41. The number of hydrogen-bond donors (Lipinski definition) is 1. The highest BCUT2D eigenvalue weighted by Gasteiger charge is 2.37. The molecule has 214 valence electrons. The average molecular weight is 573 g/mol. The van der Waals surface area contributed by atoms with Crippen LogP contribution in [0, 0.1) is 11.8 Å². The number of carbonyl (C=O) groups excluding carboxylic acids is 1. The lowest BCUT2D eigenvalue weighted by molar-refractivity contribution is 0.0135. The summed E-state index contributed by atoms with van der Waals surface area (Å²) < 4.78 is 12.2. The second kappa shape index (κ2) is 16.8. The number of nitrogens with two attached hydrogens (primary N) is 1. The zero-order valence-corrected chi connectivity index (χ0v) is 25.3. The summed E-state index contributed by atoms with van der Waals surface area (Å²) in [6.45, 7) is 4.48. The maximum atomic E-state index is 12.0. The zero-order chi connectivity index (χ0) is 28.0. The van der Waals surface area contributed by atoms with Crippen molar-refractivity contribution in [3.05, 3.63) is 70.8 Å². The van der Waals surface area contributed by atoms with E-state index in [0.29, 0.717) is 24.0 Å². The number of rotatable bonds is 18. The smallest absolute Gasteiger partial charge is 0.248 e. The van der Waals surface area contributed by atoms with E-state index in [-0.39, 0.29) is 6.10 Å². The summed E-state index contributed by atoms with van der Waals surface area (Å²) in [4.78, 5) is 14.3. The molecule has 1 amide bonds. The van der Waals surface area contributed by atoms with E-state index in [1.165, 1.54) is 30.6 Å². The van der Waals surface area contributed by atoms with E-state index in [9.17, 15) is 4.79 Å². The largest absolute Gasteiger partial charge is 0.491 e. The van der Waals surface area contributed by atoms with Crippen LogP contribution in [-0.4, -0.2) is 50.8 Å². The number of halogens is 1. The quantitative estimate of drug-likeness (QED) is 0.149. The Hall–Kier alpha value is -2.15. The van der Waals surface area contributed by atoms with E-state index in [1.807, 2.05) is 49.2 Å². The van der Waals surface area contributed by atoms with Crippen LogP contribution in [0.4, 0.5) is 5.69 Å². The van der Waals surface area contributed by atoms with Crippen LogP contribution in [0.25, 0.3) is 0 Å². The number of amides is 1. The molecule has 0 heterocycles. The van der Waals surface area contributed by atoms with E-state index in [0.717, 1.165) is 55.2 Å². The molecule has 3 rings (SSSR count). The normalized spacial score (nSPS) is 17.6. The number of unbranched alkanes of at least 4 members (excludes halogenated alkanes) is 2. The lowest BCUT2D eigenvalue weighted by Gasteiger charge is -2.43. The first kappa shape index (κ1) is 31.4. The topological polar surface area (TPSA) is 64.8 Å². The van der Waals surface area contributed by atoms with Crippen molar-refractivity contribution in [2.45, 2.75) is 58.0 Å². The van der Waals surface area contributed by atoms with E-state index in [4.69, 9.17) is 26.8 Å². The Balaban J connectivity index is 1.62. The van der Waals surface area contributed by atoms with Gasteiger partial charge in [-0.25, -0.2) is 0 Å². The second-order valence-corrected chi connectivity index (χ2v) is 11.7. The monoisotopic (exact) mass is 572 g/mol. The molecular formula is C32H45ClN2O3S. The van der Waals surface area contributed by atoms with E-state index in [1.54, 1.807) is 6.07 Å². The van der Waals surface area contributed by atoms with Crippen LogP contribution >= 0.6 is 23.4 Å². The Kier molecular flexibility index (Phi) is 13.5. The number of methoxy groups -OCH3 is 1. The molecule has 2 N–H and O–H groups in total. The minimum Gasteiger partial charge on any atom is -0.491 e. The molecule has 3 atom stereocenters. The van der Waals surface area contributed by atoms with Gasteiger partial charge in [-0.2, -0.15) is 11.8 Å². The number of thioether (sulfide) groups is 1. The average Bonchev–Trinajstić information content (AvgIpc) is 2.92. The number of anilines is 1. The third kappa shape index (κ3) is 9.77. The Morgan fingerprint density at radius 1 is 1.21 bits per heavy atom. The van der Waals surface area contributed by atoms with Crippen molar-refractivity contribution in [2.24, 2.45) is 17.6 Å². The first-order chi connectivity index (χ1) is 19.0. The zero-order valence-electron chi connectivity index (χ0n) is 23.7. The van der Waals surface area contributed by atoms with Crippen LogP contribution in [0.15, 0.2) is 54.6 Å². The van der Waals surface area contributed by atoms with Crippen molar-refractivity contribution >= 4 is 35.0 Å². The van der Waals surface area contributed by atoms with Crippen molar-refractivity contribution in [3.8, 4) is 5.75 Å². The van der Waals surface area contributed by atoms with E-state index in [2.05, 4.69) is 36.3 Å². The second-order valence-electron chi connectivity index (χ2n) is 10.3. The standard InChI is InChI=1S/C32H45ClN2O3S/c1-4-35(23-26-15-17-28(26)30(37-2)14-6-5-9-20-39-3)29-22-25(32(34)36)16-18-31(29)38-19-8-7-11-24-12-10-13-27(33)21-24/h6,10,12-14,16,18,21-22,26,28,30H,4-5,7-9,11,15,17,19-20,23H2,1-3H3,(H2,34,36)/b14-6+/t26-,28+,30-/m0/s1. The van der Waals surface area contributed by atoms with Gasteiger partial charge in [-0.1, -0.05) is 35.9 Å². The van der Waals surface area contributed by atoms with Crippen LogP contribution in [0.1, 0.15) is 61.4 Å². The molecule has 5 nitrogen and oxygen atoms in total. The predicted octanol–water partition coefficient (Wildman–Crippen LogP) is 7.41. The number of aryl methyl sites for hydroxylation is 1. The van der Waals surface area contributed by atoms with Crippen molar-refractivity contribution in [3.63, 3.8) is 0 Å². The molecule has 0 aliphatic heterocycles. The van der Waals surface area contributed by atoms with Gasteiger partial charge in [0.15, 0.2) is 0 Å². The van der Waals surface area contributed by atoms with Crippen molar-refractivity contribution in [2.75, 3.05) is 43.7 Å². The fourth-order valence-electron chi connectivity index (χ4n) is 5.25. The third-order valence-corrected chi connectivity index (χ3v) is 8.57. The summed E-state index contributed by atoms with van der Waals surface area (Å²) in [5.41, 5.74) is 8.33. The maximum Gasteiger partial charge on any atom is 0.248 e. The van der Waals surface area contributed by atoms with Crippen LogP contribution in [-0.2, 0) is 11.2 Å². The molecule has 1 aliphatic rings. The summed E-state index contributed by atoms with van der Waals surface area (Å²) in [5.74, 6) is 2.59. The molecule has 39 heavy (non-hydrogen) atoms. The van der Waals surface area contributed by atoms with Crippen LogP contribution in [0.3, 0.4) is 0 Å². The number of hydrogen-bond acceptors (Lipinski definition) is 5. The van der Waals surface area contributed by atoms with Crippen molar-refractivity contribution < 1.29 is 14.3 Å². The number of allylic oxidation sites excluding steroid dienone is 1. The lowest BCUT2D eigenvalue weighted by Crippen LogP contribution is -2.43. The molecule has 2 aromatic carbocycles. The van der Waals surface area contributed by atoms with Crippen LogP contribution in [0.2, 0.25) is 5.02 Å². The molecule has 1 aliphatic carbocycles. The van der Waals surface area contributed by atoms with Gasteiger partial charge in [-0.05, 0) is 112 Å². The number of ether oxygens (including phenoxy) is 2. The lowest BCUT2D eigenvalue weighted by atomic mass is 9.70. The first-order valence-electron chi connectivity index (χ1n) is 14.2. The molecule has 0 unspecified atom stereocenters. The van der Waals surface area contributed by atoms with Crippen LogP contribution < -0.4 is 15.4 Å². The molecule has 0 aromatic heterocycles. The predicted molar refractivity (Wildman–Crippen MR) is 166 cm³/mol. The number of benzene rings is 2. The van der Waals surface area contributed by atoms with Gasteiger partial charge in [0.2, 0.25) is 5.91 Å². The van der Waals surface area contributed by atoms with Crippen LogP contribution in [0.5, 0.6) is 5.75 Å². The van der Waals surface area contributed by atoms with Gasteiger partial charge in [0.25, 0.3) is 0 Å². The highest BCUT2D eigenvalue weighted by molar-refractivity contribution is 7.98. The van der Waals surface area contributed by atoms with Gasteiger partial charge in [0, 0.05) is 30.8 Å². The molecule has 7 heteroatoms.